The standard InChI is InChI=1S/C21H37N5O2/c1-22-21(23-10-13-25(14-16-27-2)18-8-9-18)24-17-19(20-7-6-15-28-20)26-11-4-3-5-12-26/h6-7,15,18-19H,3-5,8-14,16-17H2,1-2H3,(H2,22,23,24). The summed E-state index contributed by atoms with van der Waals surface area (Å²) in [5.74, 6) is 1.89. The second-order valence-corrected chi connectivity index (χ2v) is 7.77. The second kappa shape index (κ2) is 11.4. The lowest BCUT2D eigenvalue weighted by molar-refractivity contribution is 0.144. The zero-order valence-corrected chi connectivity index (χ0v) is 17.5. The summed E-state index contributed by atoms with van der Waals surface area (Å²) < 4.78 is 11.0. The number of nitrogens with zero attached hydrogens (tertiary/aromatic N) is 3. The molecule has 2 N–H and O–H groups in total. The fourth-order valence-corrected chi connectivity index (χ4v) is 3.98. The number of guanidine groups is 1. The number of likely N-dealkylation sites (tertiary alicyclic amines) is 1. The van der Waals surface area contributed by atoms with Crippen LogP contribution in [0.25, 0.3) is 0 Å². The van der Waals surface area contributed by atoms with Crippen LogP contribution in [0.4, 0.5) is 0 Å². The fraction of sp³-hybridized carbons (Fsp3) is 0.762. The van der Waals surface area contributed by atoms with Crippen molar-refractivity contribution >= 4 is 5.96 Å². The molecule has 158 valence electrons. The van der Waals surface area contributed by atoms with Gasteiger partial charge < -0.3 is 19.8 Å². The number of aliphatic imine (C=N–C) groups is 1. The molecule has 2 aliphatic rings. The van der Waals surface area contributed by atoms with Crippen molar-refractivity contribution in [2.75, 3.05) is 60.0 Å². The quantitative estimate of drug-likeness (QED) is 0.445. The maximum Gasteiger partial charge on any atom is 0.191 e. The lowest BCUT2D eigenvalue weighted by Crippen LogP contribution is -2.46. The zero-order valence-electron chi connectivity index (χ0n) is 17.5. The highest BCUT2D eigenvalue weighted by atomic mass is 16.5. The van der Waals surface area contributed by atoms with Crippen LogP contribution < -0.4 is 10.6 Å². The Labute approximate surface area is 169 Å². The summed E-state index contributed by atoms with van der Waals surface area (Å²) in [6.45, 7) is 6.76. The van der Waals surface area contributed by atoms with Crippen molar-refractivity contribution in [3.8, 4) is 0 Å². The van der Waals surface area contributed by atoms with Crippen molar-refractivity contribution in [1.29, 1.82) is 0 Å². The molecule has 1 atom stereocenters. The van der Waals surface area contributed by atoms with Gasteiger partial charge in [0.05, 0.1) is 18.9 Å². The van der Waals surface area contributed by atoms with Crippen LogP contribution in [0.3, 0.4) is 0 Å². The average molecular weight is 392 g/mol. The van der Waals surface area contributed by atoms with Crippen LogP contribution in [-0.2, 0) is 4.74 Å². The average Bonchev–Trinajstić information content (AvgIpc) is 3.44. The van der Waals surface area contributed by atoms with Gasteiger partial charge >= 0.3 is 0 Å². The zero-order chi connectivity index (χ0) is 19.6. The second-order valence-electron chi connectivity index (χ2n) is 7.77. The summed E-state index contributed by atoms with van der Waals surface area (Å²) in [4.78, 5) is 9.46. The molecule has 1 aromatic rings. The van der Waals surface area contributed by atoms with E-state index in [2.05, 4.69) is 31.5 Å². The largest absolute Gasteiger partial charge is 0.468 e. The van der Waals surface area contributed by atoms with Crippen LogP contribution in [0.1, 0.15) is 43.9 Å². The van der Waals surface area contributed by atoms with Crippen molar-refractivity contribution in [2.45, 2.75) is 44.2 Å². The van der Waals surface area contributed by atoms with Gasteiger partial charge in [-0.1, -0.05) is 6.42 Å². The van der Waals surface area contributed by atoms with Gasteiger partial charge in [-0.15, -0.1) is 0 Å². The predicted octanol–water partition coefficient (Wildman–Crippen LogP) is 2.08. The van der Waals surface area contributed by atoms with Gasteiger partial charge in [-0.2, -0.15) is 0 Å². The molecule has 0 radical (unpaired) electrons. The molecular formula is C21H37N5O2. The van der Waals surface area contributed by atoms with E-state index in [0.29, 0.717) is 0 Å². The topological polar surface area (TPSA) is 65.3 Å². The van der Waals surface area contributed by atoms with E-state index in [1.807, 2.05) is 13.1 Å². The SMILES string of the molecule is CN=C(NCCN(CCOC)C1CC1)NCC(c1ccco1)N1CCCCC1. The molecule has 28 heavy (non-hydrogen) atoms. The number of methoxy groups -OCH3 is 1. The third-order valence-corrected chi connectivity index (χ3v) is 5.73. The first-order chi connectivity index (χ1) is 13.8. The summed E-state index contributed by atoms with van der Waals surface area (Å²) in [7, 11) is 3.61. The number of piperidine rings is 1. The predicted molar refractivity (Wildman–Crippen MR) is 113 cm³/mol. The summed E-state index contributed by atoms with van der Waals surface area (Å²) in [6.07, 6.45) is 8.27. The van der Waals surface area contributed by atoms with Crippen LogP contribution in [0.2, 0.25) is 0 Å². The molecule has 1 aliphatic carbocycles. The van der Waals surface area contributed by atoms with E-state index >= 15 is 0 Å². The van der Waals surface area contributed by atoms with Crippen LogP contribution in [-0.4, -0.2) is 81.8 Å². The third-order valence-electron chi connectivity index (χ3n) is 5.73. The molecule has 1 unspecified atom stereocenters. The first kappa shape index (κ1) is 21.1. The first-order valence-corrected chi connectivity index (χ1v) is 10.8. The van der Waals surface area contributed by atoms with Crippen LogP contribution in [0.15, 0.2) is 27.8 Å². The van der Waals surface area contributed by atoms with Gasteiger partial charge in [0.25, 0.3) is 0 Å². The number of rotatable bonds is 11. The van der Waals surface area contributed by atoms with Gasteiger partial charge in [-0.05, 0) is 50.9 Å². The molecule has 1 aromatic heterocycles. The van der Waals surface area contributed by atoms with Crippen molar-refractivity contribution in [3.05, 3.63) is 24.2 Å². The van der Waals surface area contributed by atoms with E-state index in [1.165, 1.54) is 32.1 Å². The molecule has 0 aromatic carbocycles. The van der Waals surface area contributed by atoms with Gasteiger partial charge in [0.1, 0.15) is 5.76 Å². The molecule has 7 heteroatoms. The Morgan fingerprint density at radius 3 is 2.75 bits per heavy atom. The highest BCUT2D eigenvalue weighted by molar-refractivity contribution is 5.79. The van der Waals surface area contributed by atoms with Gasteiger partial charge in [0.15, 0.2) is 5.96 Å². The normalized spacial score (nSPS) is 19.8. The molecule has 0 bridgehead atoms. The molecule has 0 spiro atoms. The van der Waals surface area contributed by atoms with Crippen molar-refractivity contribution in [3.63, 3.8) is 0 Å². The maximum atomic E-state index is 5.74. The number of nitrogens with one attached hydrogen (secondary N) is 2. The van der Waals surface area contributed by atoms with E-state index in [-0.39, 0.29) is 6.04 Å². The number of hydrogen-bond donors (Lipinski definition) is 2. The Morgan fingerprint density at radius 2 is 2.11 bits per heavy atom. The van der Waals surface area contributed by atoms with E-state index < -0.39 is 0 Å². The Kier molecular flexibility index (Phi) is 8.64. The Morgan fingerprint density at radius 1 is 1.29 bits per heavy atom. The van der Waals surface area contributed by atoms with Crippen LogP contribution in [0, 0.1) is 0 Å². The molecule has 1 saturated heterocycles. The lowest BCUT2D eigenvalue weighted by Gasteiger charge is -2.33. The van der Waals surface area contributed by atoms with Crippen molar-refractivity contribution in [2.24, 2.45) is 4.99 Å². The minimum absolute atomic E-state index is 0.249. The molecule has 2 fully saturated rings. The van der Waals surface area contributed by atoms with Gasteiger partial charge in [-0.25, -0.2) is 0 Å². The molecule has 3 rings (SSSR count). The van der Waals surface area contributed by atoms with Crippen molar-refractivity contribution in [1.82, 2.24) is 20.4 Å². The van der Waals surface area contributed by atoms with Gasteiger partial charge in [-0.3, -0.25) is 14.8 Å². The number of ether oxygens (including phenoxy) is 1. The summed E-state index contributed by atoms with van der Waals surface area (Å²) >= 11 is 0. The fourth-order valence-electron chi connectivity index (χ4n) is 3.98. The third kappa shape index (κ3) is 6.50. The Balaban J connectivity index is 1.46. The van der Waals surface area contributed by atoms with E-state index in [0.717, 1.165) is 63.6 Å². The monoisotopic (exact) mass is 391 g/mol. The Bertz CT molecular complexity index is 567. The van der Waals surface area contributed by atoms with E-state index in [4.69, 9.17) is 9.15 Å². The number of furan rings is 1. The molecular weight excluding hydrogens is 354 g/mol. The van der Waals surface area contributed by atoms with Gasteiger partial charge in [0.2, 0.25) is 0 Å². The van der Waals surface area contributed by atoms with E-state index in [1.54, 1.807) is 13.4 Å². The van der Waals surface area contributed by atoms with E-state index in [9.17, 15) is 0 Å². The summed E-state index contributed by atoms with van der Waals surface area (Å²) in [5.41, 5.74) is 0. The maximum absolute atomic E-state index is 5.74. The summed E-state index contributed by atoms with van der Waals surface area (Å²) in [5, 5.41) is 6.98. The highest BCUT2D eigenvalue weighted by Crippen LogP contribution is 2.26. The molecule has 0 amide bonds. The number of hydrogen-bond acceptors (Lipinski definition) is 5. The molecule has 1 aliphatic heterocycles. The molecule has 2 heterocycles. The highest BCUT2D eigenvalue weighted by Gasteiger charge is 2.28. The minimum Gasteiger partial charge on any atom is -0.468 e. The molecule has 7 nitrogen and oxygen atoms in total. The van der Waals surface area contributed by atoms with Crippen LogP contribution in [0.5, 0.6) is 0 Å². The lowest BCUT2D eigenvalue weighted by atomic mass is 10.1. The minimum atomic E-state index is 0.249. The molecule has 1 saturated carbocycles. The Hall–Kier alpha value is -1.57. The van der Waals surface area contributed by atoms with Crippen LogP contribution >= 0.6 is 0 Å². The smallest absolute Gasteiger partial charge is 0.191 e. The van der Waals surface area contributed by atoms with Crippen molar-refractivity contribution < 1.29 is 9.15 Å². The van der Waals surface area contributed by atoms with Gasteiger partial charge in [0, 0.05) is 46.4 Å². The first-order valence-electron chi connectivity index (χ1n) is 10.8. The summed E-state index contributed by atoms with van der Waals surface area (Å²) in [6, 6.07) is 5.06.